The number of benzene rings is 2. The van der Waals surface area contributed by atoms with Gasteiger partial charge in [0.25, 0.3) is 5.91 Å². The van der Waals surface area contributed by atoms with Gasteiger partial charge in [0.05, 0.1) is 10.6 Å². The van der Waals surface area contributed by atoms with Gasteiger partial charge in [-0.25, -0.2) is 0 Å². The molecule has 0 atom stereocenters. The first-order valence-corrected chi connectivity index (χ1v) is 8.10. The Morgan fingerprint density at radius 1 is 1.12 bits per heavy atom. The summed E-state index contributed by atoms with van der Waals surface area (Å²) in [6.45, 7) is 5.63. The standard InChI is InChI=1S/C18H21BClNO3/c1-18(2,3)21-17(22)15-13(11-12-7-5-4-6-8-12)9-10-14(16(15)20)19(23)24/h4-10,23-24H,11H2,1-3H3,(H,21,22). The SMILES string of the molecule is CC(C)(C)NC(=O)c1c(Cc2ccccc2)ccc(B(O)O)c1Cl. The molecule has 0 saturated heterocycles. The van der Waals surface area contributed by atoms with Crippen LogP contribution in [0, 0.1) is 0 Å². The third-order valence-electron chi connectivity index (χ3n) is 3.49. The minimum absolute atomic E-state index is 0.0696. The van der Waals surface area contributed by atoms with Crippen molar-refractivity contribution in [3.8, 4) is 0 Å². The van der Waals surface area contributed by atoms with E-state index < -0.39 is 12.7 Å². The Bertz CT molecular complexity index is 727. The molecule has 0 saturated carbocycles. The van der Waals surface area contributed by atoms with Crippen LogP contribution in [0.1, 0.15) is 42.3 Å². The van der Waals surface area contributed by atoms with Crippen LogP contribution in [0.15, 0.2) is 42.5 Å². The van der Waals surface area contributed by atoms with E-state index in [9.17, 15) is 14.8 Å². The summed E-state index contributed by atoms with van der Waals surface area (Å²) < 4.78 is 0. The van der Waals surface area contributed by atoms with Crippen molar-refractivity contribution in [2.24, 2.45) is 0 Å². The van der Waals surface area contributed by atoms with Crippen molar-refractivity contribution in [2.75, 3.05) is 0 Å². The number of nitrogens with one attached hydrogen (secondary N) is 1. The number of amides is 1. The molecule has 1 amide bonds. The molecule has 2 aromatic rings. The van der Waals surface area contributed by atoms with Gasteiger partial charge in [-0.05, 0) is 38.3 Å². The van der Waals surface area contributed by atoms with E-state index in [-0.39, 0.29) is 22.0 Å². The van der Waals surface area contributed by atoms with E-state index in [0.717, 1.165) is 11.1 Å². The lowest BCUT2D eigenvalue weighted by Gasteiger charge is -2.23. The minimum Gasteiger partial charge on any atom is -0.423 e. The van der Waals surface area contributed by atoms with E-state index in [1.54, 1.807) is 12.1 Å². The second-order valence-corrected chi connectivity index (χ2v) is 7.12. The summed E-state index contributed by atoms with van der Waals surface area (Å²) in [6.07, 6.45) is 0.523. The molecule has 0 radical (unpaired) electrons. The van der Waals surface area contributed by atoms with Gasteiger partial charge in [0.2, 0.25) is 0 Å². The largest absolute Gasteiger partial charge is 0.489 e. The fourth-order valence-corrected chi connectivity index (χ4v) is 2.81. The lowest BCUT2D eigenvalue weighted by atomic mass is 9.78. The van der Waals surface area contributed by atoms with Crippen molar-refractivity contribution >= 4 is 30.1 Å². The molecule has 126 valence electrons. The average molecular weight is 346 g/mol. The molecule has 0 unspecified atom stereocenters. The summed E-state index contributed by atoms with van der Waals surface area (Å²) in [5.41, 5.74) is 1.74. The second-order valence-electron chi connectivity index (χ2n) is 6.74. The maximum absolute atomic E-state index is 12.7. The first kappa shape index (κ1) is 18.5. The van der Waals surface area contributed by atoms with Crippen LogP contribution in [0.2, 0.25) is 5.02 Å². The monoisotopic (exact) mass is 345 g/mol. The number of hydrogen-bond acceptors (Lipinski definition) is 3. The second kappa shape index (κ2) is 7.39. The predicted molar refractivity (Wildman–Crippen MR) is 97.7 cm³/mol. The van der Waals surface area contributed by atoms with E-state index in [1.165, 1.54) is 0 Å². The topological polar surface area (TPSA) is 69.6 Å². The van der Waals surface area contributed by atoms with Crippen molar-refractivity contribution in [1.29, 1.82) is 0 Å². The maximum atomic E-state index is 12.7. The zero-order valence-corrected chi connectivity index (χ0v) is 14.8. The van der Waals surface area contributed by atoms with Gasteiger partial charge in [0, 0.05) is 11.0 Å². The van der Waals surface area contributed by atoms with Crippen molar-refractivity contribution in [2.45, 2.75) is 32.7 Å². The van der Waals surface area contributed by atoms with E-state index in [0.29, 0.717) is 6.42 Å². The fourth-order valence-electron chi connectivity index (χ4n) is 2.44. The number of carbonyl (C=O) groups excluding carboxylic acids is 1. The lowest BCUT2D eigenvalue weighted by Crippen LogP contribution is -2.42. The normalized spacial score (nSPS) is 11.2. The van der Waals surface area contributed by atoms with Crippen molar-refractivity contribution in [3.05, 3.63) is 64.2 Å². The Morgan fingerprint density at radius 2 is 1.75 bits per heavy atom. The molecule has 3 N–H and O–H groups in total. The van der Waals surface area contributed by atoms with Crippen LogP contribution in [0.5, 0.6) is 0 Å². The van der Waals surface area contributed by atoms with Crippen LogP contribution >= 0.6 is 11.6 Å². The molecule has 4 nitrogen and oxygen atoms in total. The van der Waals surface area contributed by atoms with Crippen molar-refractivity contribution < 1.29 is 14.8 Å². The molecule has 2 aromatic carbocycles. The molecular formula is C18H21BClNO3. The highest BCUT2D eigenvalue weighted by Crippen LogP contribution is 2.22. The molecule has 0 heterocycles. The first-order chi connectivity index (χ1) is 11.2. The van der Waals surface area contributed by atoms with E-state index in [4.69, 9.17) is 11.6 Å². The first-order valence-electron chi connectivity index (χ1n) is 7.73. The van der Waals surface area contributed by atoms with Gasteiger partial charge in [-0.2, -0.15) is 0 Å². The Kier molecular flexibility index (Phi) is 5.70. The molecule has 2 rings (SSSR count). The number of rotatable bonds is 4. The maximum Gasteiger partial charge on any atom is 0.489 e. The molecule has 24 heavy (non-hydrogen) atoms. The Labute approximate surface area is 147 Å². The highest BCUT2D eigenvalue weighted by molar-refractivity contribution is 6.63. The predicted octanol–water partition coefficient (Wildman–Crippen LogP) is 2.14. The summed E-state index contributed by atoms with van der Waals surface area (Å²) in [7, 11) is -1.73. The van der Waals surface area contributed by atoms with E-state index >= 15 is 0 Å². The molecule has 0 spiro atoms. The van der Waals surface area contributed by atoms with Crippen LogP contribution in [0.25, 0.3) is 0 Å². The van der Waals surface area contributed by atoms with Crippen LogP contribution in [-0.2, 0) is 6.42 Å². The quantitative estimate of drug-likeness (QED) is 0.744. The summed E-state index contributed by atoms with van der Waals surface area (Å²) in [6, 6.07) is 13.0. The van der Waals surface area contributed by atoms with Gasteiger partial charge < -0.3 is 15.4 Å². The third-order valence-corrected chi connectivity index (χ3v) is 3.90. The summed E-state index contributed by atoms with van der Waals surface area (Å²) in [5.74, 6) is -0.332. The molecule has 0 bridgehead atoms. The Balaban J connectivity index is 2.50. The Hall–Kier alpha value is -1.82. The summed E-state index contributed by atoms with van der Waals surface area (Å²) >= 11 is 6.32. The zero-order valence-electron chi connectivity index (χ0n) is 14.0. The van der Waals surface area contributed by atoms with Gasteiger partial charge in [-0.1, -0.05) is 54.1 Å². The molecule has 0 fully saturated rings. The third kappa shape index (κ3) is 4.60. The molecule has 0 aliphatic heterocycles. The van der Waals surface area contributed by atoms with Crippen LogP contribution in [-0.4, -0.2) is 28.6 Å². The highest BCUT2D eigenvalue weighted by Gasteiger charge is 2.25. The molecule has 0 aliphatic rings. The molecule has 0 aliphatic carbocycles. The summed E-state index contributed by atoms with van der Waals surface area (Å²) in [4.78, 5) is 12.7. The van der Waals surface area contributed by atoms with E-state index in [2.05, 4.69) is 5.32 Å². The highest BCUT2D eigenvalue weighted by atomic mass is 35.5. The molecule has 6 heteroatoms. The smallest absolute Gasteiger partial charge is 0.423 e. The van der Waals surface area contributed by atoms with Gasteiger partial charge in [0.15, 0.2) is 0 Å². The number of halogens is 1. The zero-order chi connectivity index (χ0) is 17.9. The lowest BCUT2D eigenvalue weighted by molar-refractivity contribution is 0.0919. The van der Waals surface area contributed by atoms with Crippen LogP contribution in [0.3, 0.4) is 0 Å². The van der Waals surface area contributed by atoms with Crippen molar-refractivity contribution in [1.82, 2.24) is 5.32 Å². The van der Waals surface area contributed by atoms with Gasteiger partial charge >= 0.3 is 7.12 Å². The van der Waals surface area contributed by atoms with E-state index in [1.807, 2.05) is 51.1 Å². The fraction of sp³-hybridized carbons (Fsp3) is 0.278. The molecular weight excluding hydrogens is 324 g/mol. The van der Waals surface area contributed by atoms with Crippen molar-refractivity contribution in [3.63, 3.8) is 0 Å². The average Bonchev–Trinajstić information content (AvgIpc) is 2.46. The van der Waals surface area contributed by atoms with Crippen LogP contribution in [0.4, 0.5) is 0 Å². The number of carbonyl (C=O) groups is 1. The molecule has 0 aromatic heterocycles. The van der Waals surface area contributed by atoms with Gasteiger partial charge in [-0.15, -0.1) is 0 Å². The Morgan fingerprint density at radius 3 is 2.29 bits per heavy atom. The summed E-state index contributed by atoms with van der Waals surface area (Å²) in [5, 5.41) is 21.9. The van der Waals surface area contributed by atoms with Gasteiger partial charge in [0.1, 0.15) is 0 Å². The van der Waals surface area contributed by atoms with Gasteiger partial charge in [-0.3, -0.25) is 4.79 Å². The minimum atomic E-state index is -1.73. The van der Waals surface area contributed by atoms with Crippen LogP contribution < -0.4 is 10.8 Å². The number of hydrogen-bond donors (Lipinski definition) is 3.